The van der Waals surface area contributed by atoms with Crippen molar-refractivity contribution >= 4 is 17.2 Å². The minimum Gasteiger partial charge on any atom is -0.493 e. The number of carbonyl (C=O) groups is 1. The molecule has 2 rings (SSSR count). The van der Waals surface area contributed by atoms with Gasteiger partial charge in [0.2, 0.25) is 0 Å². The highest BCUT2D eigenvalue weighted by Crippen LogP contribution is 2.28. The fourth-order valence-electron chi connectivity index (χ4n) is 2.20. The number of carbonyl (C=O) groups excluding carboxylic acids is 1. The molecule has 0 aliphatic rings. The summed E-state index contributed by atoms with van der Waals surface area (Å²) >= 11 is 1.62. The van der Waals surface area contributed by atoms with E-state index in [9.17, 15) is 4.79 Å². The molecule has 0 bridgehead atoms. The van der Waals surface area contributed by atoms with Crippen molar-refractivity contribution in [2.45, 2.75) is 46.1 Å². The predicted molar refractivity (Wildman–Crippen MR) is 101 cm³/mol. The highest BCUT2D eigenvalue weighted by molar-refractivity contribution is 7.09. The summed E-state index contributed by atoms with van der Waals surface area (Å²) in [7, 11) is 1.58. The van der Waals surface area contributed by atoms with Crippen molar-refractivity contribution in [1.29, 1.82) is 0 Å². The number of nitrogens with one attached hydrogen (secondary N) is 1. The van der Waals surface area contributed by atoms with Gasteiger partial charge < -0.3 is 14.8 Å². The molecule has 1 amide bonds. The number of methoxy groups -OCH3 is 1. The van der Waals surface area contributed by atoms with Gasteiger partial charge in [0.15, 0.2) is 11.5 Å². The maximum Gasteiger partial charge on any atom is 0.251 e. The van der Waals surface area contributed by atoms with Crippen LogP contribution in [0.2, 0.25) is 0 Å². The Labute approximate surface area is 153 Å². The number of aromatic nitrogens is 1. The van der Waals surface area contributed by atoms with E-state index >= 15 is 0 Å². The van der Waals surface area contributed by atoms with Crippen LogP contribution in [0.3, 0.4) is 0 Å². The summed E-state index contributed by atoms with van der Waals surface area (Å²) in [6.45, 7) is 7.38. The Kier molecular flexibility index (Phi) is 7.25. The zero-order valence-corrected chi connectivity index (χ0v) is 16.1. The molecule has 0 aliphatic heterocycles. The highest BCUT2D eigenvalue weighted by atomic mass is 32.1. The van der Waals surface area contributed by atoms with Crippen LogP contribution in [0.1, 0.15) is 60.6 Å². The molecular formula is C19H26N2O3S. The number of benzene rings is 1. The van der Waals surface area contributed by atoms with Crippen LogP contribution in [0.25, 0.3) is 0 Å². The van der Waals surface area contributed by atoms with E-state index in [1.807, 2.05) is 5.38 Å². The molecule has 136 valence electrons. The Balaban J connectivity index is 1.98. The van der Waals surface area contributed by atoms with Crippen molar-refractivity contribution in [3.8, 4) is 11.5 Å². The van der Waals surface area contributed by atoms with Gasteiger partial charge in [-0.2, -0.15) is 0 Å². The predicted octanol–water partition coefficient (Wildman–Crippen LogP) is 4.38. The van der Waals surface area contributed by atoms with Crippen LogP contribution in [-0.2, 0) is 6.54 Å². The molecular weight excluding hydrogens is 336 g/mol. The topological polar surface area (TPSA) is 60.5 Å². The van der Waals surface area contributed by atoms with Crippen LogP contribution in [0.15, 0.2) is 23.6 Å². The summed E-state index contributed by atoms with van der Waals surface area (Å²) in [4.78, 5) is 16.9. The average molecular weight is 362 g/mol. The number of nitrogens with zero attached hydrogens (tertiary/aromatic N) is 1. The number of hydrogen-bond donors (Lipinski definition) is 1. The van der Waals surface area contributed by atoms with E-state index in [1.54, 1.807) is 36.6 Å². The van der Waals surface area contributed by atoms with E-state index in [-0.39, 0.29) is 5.91 Å². The first-order valence-electron chi connectivity index (χ1n) is 8.58. The lowest BCUT2D eigenvalue weighted by Crippen LogP contribution is -2.23. The van der Waals surface area contributed by atoms with E-state index < -0.39 is 0 Å². The van der Waals surface area contributed by atoms with Crippen molar-refractivity contribution in [2.24, 2.45) is 0 Å². The molecule has 0 aliphatic carbocycles. The molecule has 0 fully saturated rings. The Morgan fingerprint density at radius 1 is 1.32 bits per heavy atom. The summed E-state index contributed by atoms with van der Waals surface area (Å²) < 4.78 is 11.0. The minimum absolute atomic E-state index is 0.155. The highest BCUT2D eigenvalue weighted by Gasteiger charge is 2.12. The van der Waals surface area contributed by atoms with Gasteiger partial charge in [-0.15, -0.1) is 11.3 Å². The monoisotopic (exact) mass is 362 g/mol. The van der Waals surface area contributed by atoms with Crippen LogP contribution in [0, 0.1) is 0 Å². The van der Waals surface area contributed by atoms with Gasteiger partial charge in [-0.05, 0) is 24.6 Å². The normalized spacial score (nSPS) is 10.8. The summed E-state index contributed by atoms with van der Waals surface area (Å²) in [5.41, 5.74) is 1.42. The first-order chi connectivity index (χ1) is 12.0. The quantitative estimate of drug-likeness (QED) is 0.672. The van der Waals surface area contributed by atoms with E-state index in [0.717, 1.165) is 23.5 Å². The lowest BCUT2D eigenvalue weighted by Gasteiger charge is -2.12. The molecule has 0 spiro atoms. The summed E-state index contributed by atoms with van der Waals surface area (Å²) in [6.07, 6.45) is 2.05. The second-order valence-electron chi connectivity index (χ2n) is 6.08. The molecule has 6 heteroatoms. The van der Waals surface area contributed by atoms with Crippen molar-refractivity contribution < 1.29 is 14.3 Å². The van der Waals surface area contributed by atoms with Crippen molar-refractivity contribution in [2.75, 3.05) is 13.7 Å². The Bertz CT molecular complexity index is 698. The van der Waals surface area contributed by atoms with Gasteiger partial charge >= 0.3 is 0 Å². The average Bonchev–Trinajstić information content (AvgIpc) is 3.09. The zero-order valence-electron chi connectivity index (χ0n) is 15.3. The Morgan fingerprint density at radius 3 is 2.76 bits per heavy atom. The van der Waals surface area contributed by atoms with Crippen LogP contribution in [-0.4, -0.2) is 24.6 Å². The third kappa shape index (κ3) is 5.46. The molecule has 0 radical (unpaired) electrons. The van der Waals surface area contributed by atoms with E-state index in [1.165, 1.54) is 0 Å². The Morgan fingerprint density at radius 2 is 2.12 bits per heavy atom. The molecule has 1 aromatic carbocycles. The largest absolute Gasteiger partial charge is 0.493 e. The van der Waals surface area contributed by atoms with Crippen molar-refractivity contribution in [3.05, 3.63) is 39.8 Å². The molecule has 0 saturated carbocycles. The molecule has 0 unspecified atom stereocenters. The first-order valence-corrected chi connectivity index (χ1v) is 9.46. The molecule has 0 atom stereocenters. The first kappa shape index (κ1) is 19.2. The fraction of sp³-hybridized carbons (Fsp3) is 0.474. The minimum atomic E-state index is -0.155. The number of hydrogen-bond acceptors (Lipinski definition) is 5. The SMILES string of the molecule is CCCCOc1ccc(C(=O)NCc2csc(C(C)C)n2)cc1OC. The van der Waals surface area contributed by atoms with E-state index in [0.29, 0.717) is 36.1 Å². The van der Waals surface area contributed by atoms with Gasteiger partial charge in [0.1, 0.15) is 0 Å². The van der Waals surface area contributed by atoms with Gasteiger partial charge in [0.05, 0.1) is 31.0 Å². The van der Waals surface area contributed by atoms with Crippen LogP contribution in [0.4, 0.5) is 0 Å². The van der Waals surface area contributed by atoms with Gasteiger partial charge in [-0.25, -0.2) is 4.98 Å². The molecule has 1 N–H and O–H groups in total. The summed E-state index contributed by atoms with van der Waals surface area (Å²) in [6, 6.07) is 5.24. The lowest BCUT2D eigenvalue weighted by molar-refractivity contribution is 0.0950. The molecule has 5 nitrogen and oxygen atoms in total. The smallest absolute Gasteiger partial charge is 0.251 e. The Hall–Kier alpha value is -2.08. The maximum atomic E-state index is 12.4. The third-order valence-corrected chi connectivity index (χ3v) is 4.87. The summed E-state index contributed by atoms with van der Waals surface area (Å²) in [5.74, 6) is 1.48. The van der Waals surface area contributed by atoms with E-state index in [2.05, 4.69) is 31.1 Å². The van der Waals surface area contributed by atoms with Gasteiger partial charge in [0.25, 0.3) is 5.91 Å². The molecule has 1 aromatic heterocycles. The van der Waals surface area contributed by atoms with Gasteiger partial charge in [-0.3, -0.25) is 4.79 Å². The van der Waals surface area contributed by atoms with E-state index in [4.69, 9.17) is 9.47 Å². The van der Waals surface area contributed by atoms with Crippen LogP contribution in [0.5, 0.6) is 11.5 Å². The molecule has 1 heterocycles. The fourth-order valence-corrected chi connectivity index (χ4v) is 3.03. The number of ether oxygens (including phenoxy) is 2. The molecule has 2 aromatic rings. The number of rotatable bonds is 9. The van der Waals surface area contributed by atoms with Gasteiger partial charge in [-0.1, -0.05) is 27.2 Å². The van der Waals surface area contributed by atoms with Gasteiger partial charge in [0, 0.05) is 16.9 Å². The second kappa shape index (κ2) is 9.42. The maximum absolute atomic E-state index is 12.4. The van der Waals surface area contributed by atoms with Crippen LogP contribution < -0.4 is 14.8 Å². The number of unbranched alkanes of at least 4 members (excludes halogenated alkanes) is 1. The van der Waals surface area contributed by atoms with Crippen LogP contribution >= 0.6 is 11.3 Å². The molecule has 25 heavy (non-hydrogen) atoms. The lowest BCUT2D eigenvalue weighted by atomic mass is 10.2. The number of thiazole rings is 1. The second-order valence-corrected chi connectivity index (χ2v) is 6.97. The molecule has 0 saturated heterocycles. The standard InChI is InChI=1S/C19H26N2O3S/c1-5-6-9-24-16-8-7-14(10-17(16)23-4)18(22)20-11-15-12-25-19(21-15)13(2)3/h7-8,10,12-13H,5-6,9,11H2,1-4H3,(H,20,22). The van der Waals surface area contributed by atoms with Crippen molar-refractivity contribution in [1.82, 2.24) is 10.3 Å². The third-order valence-electron chi connectivity index (χ3n) is 3.67. The van der Waals surface area contributed by atoms with Crippen molar-refractivity contribution in [3.63, 3.8) is 0 Å². The number of amides is 1. The zero-order chi connectivity index (χ0) is 18.2. The summed E-state index contributed by atoms with van der Waals surface area (Å²) in [5, 5.41) is 5.97.